The van der Waals surface area contributed by atoms with Crippen molar-refractivity contribution in [3.63, 3.8) is 0 Å². The molecule has 0 bridgehead atoms. The fourth-order valence-corrected chi connectivity index (χ4v) is 10.9. The zero-order chi connectivity index (χ0) is 79.6. The summed E-state index contributed by atoms with van der Waals surface area (Å²) in [6.45, 7) is 1.88. The van der Waals surface area contributed by atoms with Crippen LogP contribution in [-0.2, 0) is 121 Å². The molecular weight excluding hydrogens is 2280 g/mol. The van der Waals surface area contributed by atoms with Crippen LogP contribution in [0.15, 0.2) is 300 Å². The topological polar surface area (TPSA) is 324 Å². The molecule has 598 valence electrons. The van der Waals surface area contributed by atoms with Crippen molar-refractivity contribution in [2.24, 2.45) is 0 Å². The van der Waals surface area contributed by atoms with Crippen molar-refractivity contribution < 1.29 is 159 Å². The summed E-state index contributed by atoms with van der Waals surface area (Å²) in [6, 6.07) is 76.5. The second kappa shape index (κ2) is 45.9. The van der Waals surface area contributed by atoms with Gasteiger partial charge in [0.2, 0.25) is 0 Å². The summed E-state index contributed by atoms with van der Waals surface area (Å²) in [5.74, 6) is -3.87. The number of nitrogens with zero attached hydrogens (tertiary/aromatic N) is 9. The SMILES string of the molecule is CN(C)c1ccnc(-c2[c-]cc(F)cc2F)c1.Cc1ccnc(-c2[c-]cc(F)cc2F)c1.Fc1c[c-]c(-c2ccccn2)c(F)c1.O=S(=O)(O)c1ccc2ccccc2n1.O=S(=O)(O)c1ccc2ccccc2n1.O=S(=O)(O)c1ccc2ccccc2n1.O=S(=O)(O)c1ccccn1.[Ir].[Ir].[Ir].[Ir].[c-]1ccccc1-c1ccccn1. The minimum atomic E-state index is -4.21. The molecule has 4 radical (unpaired) electrons. The molecule has 0 spiro atoms. The number of halogens is 6. The predicted octanol–water partition coefficient (Wildman–Crippen LogP) is 16.2. The number of benzene rings is 7. The first-order chi connectivity index (χ1) is 52.3. The number of aryl methyl sites for hydroxylation is 1. The van der Waals surface area contributed by atoms with Gasteiger partial charge in [0.05, 0.1) is 16.6 Å². The number of aromatic nitrogens is 8. The van der Waals surface area contributed by atoms with Crippen molar-refractivity contribution in [1.29, 1.82) is 0 Å². The van der Waals surface area contributed by atoms with Crippen molar-refractivity contribution in [1.82, 2.24) is 39.9 Å². The van der Waals surface area contributed by atoms with Gasteiger partial charge in [0.1, 0.15) is 0 Å². The van der Waals surface area contributed by atoms with Crippen LogP contribution >= 0.6 is 0 Å². The molecule has 0 unspecified atom stereocenters. The van der Waals surface area contributed by atoms with Gasteiger partial charge in [-0.1, -0.05) is 138 Å². The standard InChI is InChI=1S/C13H11F2N2.C12H8F2N.C11H6F2N.C11H8N.3C9H7NO3S.C5H5NO3S.4Ir/c1-17(2)10-5-6-16-13(8-10)11-4-3-9(14)7-12(11)15;1-8-4-5-15-12(6-8)10-3-2-9(13)7-11(10)14;12-8-4-5-9(10(13)7-8)11-3-1-2-6-14-11;1-2-6-10(7-3-1)11-8-4-5-9-12-11;3*11-14(12,13)9-6-5-7-3-1-2-4-8(7)10-9;7-10(8,9)5-3-1-2-4-6-5;;;;/h3,5-8H,1-2H3;2,4-7H,1H3;1-4,6-7H;1-6,8-9H;3*1-6H,(H,11,12,13);1-4H,(H,7,8,9);;;;/q4*-1;;;;;;;;. The Hall–Kier alpha value is -9.86. The Morgan fingerprint density at radius 2 is 0.667 bits per heavy atom. The zero-order valence-electron chi connectivity index (χ0n) is 58.9. The summed E-state index contributed by atoms with van der Waals surface area (Å²) < 4.78 is 198. The first-order valence-electron chi connectivity index (χ1n) is 31.7. The minimum Gasteiger partial charge on any atom is -0.378 e. The molecule has 0 aliphatic carbocycles. The maximum absolute atomic E-state index is 13.5. The van der Waals surface area contributed by atoms with Crippen LogP contribution in [0.25, 0.3) is 77.7 Å². The van der Waals surface area contributed by atoms with E-state index in [1.807, 2.05) is 117 Å². The fourth-order valence-electron chi connectivity index (χ4n) is 9.09. The molecule has 0 amide bonds. The van der Waals surface area contributed by atoms with Crippen molar-refractivity contribution in [3.8, 4) is 45.0 Å². The second-order valence-corrected chi connectivity index (χ2v) is 27.9. The molecule has 0 aliphatic rings. The van der Waals surface area contributed by atoms with Crippen LogP contribution in [0, 0.1) is 66.1 Å². The third kappa shape index (κ3) is 30.5. The van der Waals surface area contributed by atoms with E-state index in [-0.39, 0.29) is 117 Å². The summed E-state index contributed by atoms with van der Waals surface area (Å²) in [4.78, 5) is 33.0. The summed E-state index contributed by atoms with van der Waals surface area (Å²) in [6.07, 6.45) is 7.80. The van der Waals surface area contributed by atoms with Gasteiger partial charge < -0.3 is 24.8 Å². The fraction of sp³-hybridized carbons (Fsp3) is 0.0380. The van der Waals surface area contributed by atoms with Crippen LogP contribution in [0.1, 0.15) is 5.56 Å². The Morgan fingerprint density at radius 3 is 1.00 bits per heavy atom. The molecule has 8 heterocycles. The van der Waals surface area contributed by atoms with Crippen LogP contribution in [-0.4, -0.2) is 106 Å². The van der Waals surface area contributed by atoms with Gasteiger partial charge in [0.25, 0.3) is 0 Å². The summed E-state index contributed by atoms with van der Waals surface area (Å²) in [5, 5.41) is 1.21. The normalized spacial score (nSPS) is 10.5. The Kier molecular flexibility index (Phi) is 38.8. The van der Waals surface area contributed by atoms with E-state index in [1.165, 1.54) is 36.5 Å². The molecule has 8 aromatic heterocycles. The van der Waals surface area contributed by atoms with Gasteiger partial charge in [-0.3, -0.25) is 44.6 Å². The molecular formula is C79H59F6Ir4N9O12S4-4. The van der Waals surface area contributed by atoms with E-state index in [1.54, 1.807) is 116 Å². The molecule has 0 atom stereocenters. The van der Waals surface area contributed by atoms with Gasteiger partial charge in [-0.25, -0.2) is 19.9 Å². The van der Waals surface area contributed by atoms with Crippen molar-refractivity contribution in [2.45, 2.75) is 27.0 Å². The van der Waals surface area contributed by atoms with Gasteiger partial charge >= 0.3 is 40.5 Å². The third-order valence-corrected chi connectivity index (χ3v) is 17.3. The monoisotopic (exact) mass is 2340 g/mol. The number of fused-ring (bicyclic) bond motifs is 3. The number of para-hydroxylation sites is 3. The Bertz CT molecular complexity index is 5830. The predicted molar refractivity (Wildman–Crippen MR) is 402 cm³/mol. The molecule has 7 aromatic carbocycles. The molecule has 15 rings (SSSR count). The van der Waals surface area contributed by atoms with Crippen molar-refractivity contribution in [3.05, 3.63) is 344 Å². The Labute approximate surface area is 706 Å². The molecule has 35 heteroatoms. The largest absolute Gasteiger partial charge is 0.378 e. The number of pyridine rings is 8. The molecule has 4 N–H and O–H groups in total. The molecule has 0 saturated carbocycles. The van der Waals surface area contributed by atoms with Gasteiger partial charge in [-0.05, 0) is 121 Å². The Balaban J connectivity index is 0.000000274. The smallest absolute Gasteiger partial charge is 0.312 e. The van der Waals surface area contributed by atoms with Crippen LogP contribution in [0.4, 0.5) is 32.0 Å². The summed E-state index contributed by atoms with van der Waals surface area (Å²) in [7, 11) is -13.0. The van der Waals surface area contributed by atoms with Crippen molar-refractivity contribution in [2.75, 3.05) is 19.0 Å². The number of hydrogen-bond donors (Lipinski definition) is 4. The quantitative estimate of drug-likeness (QED) is 0.0592. The van der Waals surface area contributed by atoms with E-state index in [9.17, 15) is 60.0 Å². The van der Waals surface area contributed by atoms with Crippen LogP contribution in [0.5, 0.6) is 0 Å². The number of rotatable bonds is 9. The van der Waals surface area contributed by atoms with E-state index in [0.717, 1.165) is 75.1 Å². The Morgan fingerprint density at radius 1 is 0.325 bits per heavy atom. The molecule has 0 saturated heterocycles. The zero-order valence-corrected chi connectivity index (χ0v) is 71.7. The van der Waals surface area contributed by atoms with Crippen LogP contribution in [0.3, 0.4) is 0 Å². The molecule has 21 nitrogen and oxygen atoms in total. The second-order valence-electron chi connectivity index (χ2n) is 22.4. The molecule has 15 aromatic rings. The van der Waals surface area contributed by atoms with E-state index in [4.69, 9.17) is 18.2 Å². The number of anilines is 1. The maximum Gasteiger partial charge on any atom is 0.312 e. The van der Waals surface area contributed by atoms with E-state index >= 15 is 0 Å². The first-order valence-corrected chi connectivity index (χ1v) is 37.4. The van der Waals surface area contributed by atoms with Gasteiger partial charge in [-0.15, -0.1) is 72.3 Å². The molecule has 0 aliphatic heterocycles. The van der Waals surface area contributed by atoms with Crippen LogP contribution < -0.4 is 4.90 Å². The van der Waals surface area contributed by atoms with E-state index in [0.29, 0.717) is 33.6 Å². The molecule has 0 fully saturated rings. The first kappa shape index (κ1) is 96.5. The van der Waals surface area contributed by atoms with Gasteiger partial charge in [0, 0.05) is 182 Å². The summed E-state index contributed by atoms with van der Waals surface area (Å²) >= 11 is 0. The van der Waals surface area contributed by atoms with E-state index in [2.05, 4.69) is 64.1 Å². The third-order valence-electron chi connectivity index (χ3n) is 14.2. The molecule has 114 heavy (non-hydrogen) atoms. The van der Waals surface area contributed by atoms with E-state index < -0.39 is 75.4 Å². The van der Waals surface area contributed by atoms with Gasteiger partial charge in [-0.2, -0.15) is 33.7 Å². The number of hydrogen-bond acceptors (Lipinski definition) is 17. The van der Waals surface area contributed by atoms with Crippen molar-refractivity contribution >= 4 is 78.9 Å². The minimum absolute atomic E-state index is 0. The van der Waals surface area contributed by atoms with Crippen LogP contribution in [0.2, 0.25) is 0 Å². The van der Waals surface area contributed by atoms with Gasteiger partial charge in [0.15, 0.2) is 20.1 Å². The average molecular weight is 2340 g/mol. The summed E-state index contributed by atoms with van der Waals surface area (Å²) in [5.41, 5.74) is 7.42. The average Bonchev–Trinajstić information content (AvgIpc) is 0.829. The maximum atomic E-state index is 13.5.